The van der Waals surface area contributed by atoms with Crippen molar-refractivity contribution in [2.24, 2.45) is 5.41 Å². The number of hydrogen-bond donors (Lipinski definition) is 2. The minimum absolute atomic E-state index is 0.252. The van der Waals surface area contributed by atoms with E-state index in [0.717, 1.165) is 25.1 Å². The zero-order valence-corrected chi connectivity index (χ0v) is 10.9. The maximum Gasteiger partial charge on any atom is 0.338 e. The molecule has 0 aromatic heterocycles. The van der Waals surface area contributed by atoms with Crippen LogP contribution in [-0.4, -0.2) is 29.1 Å². The molecule has 0 bridgehead atoms. The number of likely N-dealkylation sites (tertiary alicyclic amines) is 1. The van der Waals surface area contributed by atoms with Crippen LogP contribution in [0.1, 0.15) is 36.2 Å². The Morgan fingerprint density at radius 3 is 2.78 bits per heavy atom. The Morgan fingerprint density at radius 1 is 1.50 bits per heavy atom. The molecule has 0 amide bonds. The summed E-state index contributed by atoms with van der Waals surface area (Å²) >= 11 is 0. The van der Waals surface area contributed by atoms with Gasteiger partial charge in [-0.2, -0.15) is 0 Å². The average molecular weight is 248 g/mol. The standard InChI is InChI=1S/C14H20N2O2/c1-14(2)6-7-16(9-14)8-10-4-3-5-11(15)12(10)13(17)18/h3-5H,6-9,15H2,1-2H3,(H,17,18). The Kier molecular flexibility index (Phi) is 3.30. The highest BCUT2D eigenvalue weighted by molar-refractivity contribution is 5.95. The Hall–Kier alpha value is -1.55. The molecule has 1 aromatic carbocycles. The van der Waals surface area contributed by atoms with Crippen molar-refractivity contribution >= 4 is 11.7 Å². The number of aromatic carboxylic acids is 1. The number of anilines is 1. The van der Waals surface area contributed by atoms with Crippen molar-refractivity contribution in [2.45, 2.75) is 26.8 Å². The van der Waals surface area contributed by atoms with Crippen molar-refractivity contribution in [2.75, 3.05) is 18.8 Å². The Morgan fingerprint density at radius 2 is 2.22 bits per heavy atom. The van der Waals surface area contributed by atoms with Gasteiger partial charge in [0.2, 0.25) is 0 Å². The summed E-state index contributed by atoms with van der Waals surface area (Å²) in [5.74, 6) is -0.943. The van der Waals surface area contributed by atoms with Crippen LogP contribution in [0.3, 0.4) is 0 Å². The summed E-state index contributed by atoms with van der Waals surface area (Å²) in [5, 5.41) is 9.22. The molecule has 18 heavy (non-hydrogen) atoms. The first-order valence-corrected chi connectivity index (χ1v) is 6.22. The SMILES string of the molecule is CC1(C)CCN(Cc2cccc(N)c2C(=O)O)C1. The van der Waals surface area contributed by atoms with Crippen LogP contribution in [0.2, 0.25) is 0 Å². The van der Waals surface area contributed by atoms with E-state index in [2.05, 4.69) is 18.7 Å². The predicted octanol–water partition coefficient (Wildman–Crippen LogP) is 2.20. The van der Waals surface area contributed by atoms with Gasteiger partial charge in [-0.3, -0.25) is 4.90 Å². The molecule has 0 unspecified atom stereocenters. The molecule has 1 saturated heterocycles. The van der Waals surface area contributed by atoms with Crippen molar-refractivity contribution in [1.29, 1.82) is 0 Å². The van der Waals surface area contributed by atoms with Gasteiger partial charge in [-0.25, -0.2) is 4.79 Å². The monoisotopic (exact) mass is 248 g/mol. The first-order chi connectivity index (χ1) is 8.39. The van der Waals surface area contributed by atoms with Crippen molar-refractivity contribution < 1.29 is 9.90 Å². The fourth-order valence-corrected chi connectivity index (χ4v) is 2.61. The quantitative estimate of drug-likeness (QED) is 0.805. The van der Waals surface area contributed by atoms with Crippen LogP contribution in [0, 0.1) is 5.41 Å². The second-order valence-electron chi connectivity index (χ2n) is 5.81. The Bertz CT molecular complexity index is 469. The molecule has 1 heterocycles. The van der Waals surface area contributed by atoms with Gasteiger partial charge >= 0.3 is 5.97 Å². The summed E-state index contributed by atoms with van der Waals surface area (Å²) in [6.45, 7) is 7.16. The molecule has 1 aliphatic heterocycles. The molecule has 0 atom stereocenters. The van der Waals surface area contributed by atoms with E-state index < -0.39 is 5.97 Å². The van der Waals surface area contributed by atoms with Crippen LogP contribution < -0.4 is 5.73 Å². The van der Waals surface area contributed by atoms with Crippen LogP contribution in [0.5, 0.6) is 0 Å². The second kappa shape index (κ2) is 4.61. The van der Waals surface area contributed by atoms with Crippen molar-refractivity contribution in [3.8, 4) is 0 Å². The number of rotatable bonds is 3. The lowest BCUT2D eigenvalue weighted by Crippen LogP contribution is -2.24. The minimum Gasteiger partial charge on any atom is -0.478 e. The second-order valence-corrected chi connectivity index (χ2v) is 5.81. The first-order valence-electron chi connectivity index (χ1n) is 6.22. The van der Waals surface area contributed by atoms with E-state index in [9.17, 15) is 9.90 Å². The molecule has 1 aliphatic rings. The third-order valence-electron chi connectivity index (χ3n) is 3.55. The molecule has 0 spiro atoms. The van der Waals surface area contributed by atoms with Crippen LogP contribution in [0.15, 0.2) is 18.2 Å². The predicted molar refractivity (Wildman–Crippen MR) is 71.5 cm³/mol. The molecule has 4 nitrogen and oxygen atoms in total. The lowest BCUT2D eigenvalue weighted by atomic mass is 9.93. The number of nitrogens with zero attached hydrogens (tertiary/aromatic N) is 1. The largest absolute Gasteiger partial charge is 0.478 e. The third-order valence-corrected chi connectivity index (χ3v) is 3.55. The molecule has 0 radical (unpaired) electrons. The smallest absolute Gasteiger partial charge is 0.338 e. The molecule has 0 saturated carbocycles. The minimum atomic E-state index is -0.943. The highest BCUT2D eigenvalue weighted by atomic mass is 16.4. The van der Waals surface area contributed by atoms with Gasteiger partial charge < -0.3 is 10.8 Å². The number of carboxylic acids is 1. The van der Waals surface area contributed by atoms with Crippen molar-refractivity contribution in [1.82, 2.24) is 4.90 Å². The van der Waals surface area contributed by atoms with Crippen LogP contribution >= 0.6 is 0 Å². The summed E-state index contributed by atoms with van der Waals surface area (Å²) in [6, 6.07) is 5.31. The summed E-state index contributed by atoms with van der Waals surface area (Å²) in [6.07, 6.45) is 1.15. The molecule has 0 aliphatic carbocycles. The van der Waals surface area contributed by atoms with Gasteiger partial charge in [-0.15, -0.1) is 0 Å². The van der Waals surface area contributed by atoms with Gasteiger partial charge in [0.1, 0.15) is 0 Å². The Labute approximate surface area is 107 Å². The fourth-order valence-electron chi connectivity index (χ4n) is 2.61. The van der Waals surface area contributed by atoms with Gasteiger partial charge in [0.05, 0.1) is 5.56 Å². The third kappa shape index (κ3) is 2.64. The van der Waals surface area contributed by atoms with E-state index in [-0.39, 0.29) is 5.56 Å². The molecule has 4 heteroatoms. The molecule has 3 N–H and O–H groups in total. The maximum absolute atomic E-state index is 11.2. The van der Waals surface area contributed by atoms with Gasteiger partial charge in [0, 0.05) is 18.8 Å². The van der Waals surface area contributed by atoms with E-state index in [1.54, 1.807) is 6.07 Å². The summed E-state index contributed by atoms with van der Waals surface area (Å²) < 4.78 is 0. The van der Waals surface area contributed by atoms with Crippen molar-refractivity contribution in [3.63, 3.8) is 0 Å². The lowest BCUT2D eigenvalue weighted by Gasteiger charge is -2.20. The molecule has 98 valence electrons. The first kappa shape index (κ1) is 12.9. The summed E-state index contributed by atoms with van der Waals surface area (Å²) in [5.41, 5.74) is 7.48. The van der Waals surface area contributed by atoms with E-state index in [1.165, 1.54) is 0 Å². The number of hydrogen-bond acceptors (Lipinski definition) is 3. The maximum atomic E-state index is 11.2. The van der Waals surface area contributed by atoms with Gasteiger partial charge in [0.15, 0.2) is 0 Å². The topological polar surface area (TPSA) is 66.6 Å². The summed E-state index contributed by atoms with van der Waals surface area (Å²) in [4.78, 5) is 13.5. The summed E-state index contributed by atoms with van der Waals surface area (Å²) in [7, 11) is 0. The van der Waals surface area contributed by atoms with Crippen LogP contribution in [-0.2, 0) is 6.54 Å². The zero-order valence-electron chi connectivity index (χ0n) is 10.9. The molecular formula is C14H20N2O2. The highest BCUT2D eigenvalue weighted by Crippen LogP contribution is 2.30. The number of carbonyl (C=O) groups is 1. The molecule has 1 aromatic rings. The number of nitrogen functional groups attached to an aromatic ring is 1. The molecule has 2 rings (SSSR count). The Balaban J connectivity index is 2.20. The number of carboxylic acid groups (broad SMARTS) is 1. The zero-order chi connectivity index (χ0) is 13.3. The van der Waals surface area contributed by atoms with E-state index in [0.29, 0.717) is 17.6 Å². The van der Waals surface area contributed by atoms with Crippen LogP contribution in [0.25, 0.3) is 0 Å². The highest BCUT2D eigenvalue weighted by Gasteiger charge is 2.29. The lowest BCUT2D eigenvalue weighted by molar-refractivity contribution is 0.0696. The average Bonchev–Trinajstić information content (AvgIpc) is 2.57. The number of benzene rings is 1. The van der Waals surface area contributed by atoms with Gasteiger partial charge in [0.25, 0.3) is 0 Å². The van der Waals surface area contributed by atoms with Crippen LogP contribution in [0.4, 0.5) is 5.69 Å². The van der Waals surface area contributed by atoms with Gasteiger partial charge in [-0.1, -0.05) is 26.0 Å². The van der Waals surface area contributed by atoms with Crippen molar-refractivity contribution in [3.05, 3.63) is 29.3 Å². The molecular weight excluding hydrogens is 228 g/mol. The van der Waals surface area contributed by atoms with E-state index >= 15 is 0 Å². The van der Waals surface area contributed by atoms with Gasteiger partial charge in [-0.05, 0) is 30.0 Å². The molecule has 1 fully saturated rings. The fraction of sp³-hybridized carbons (Fsp3) is 0.500. The normalized spacial score (nSPS) is 19.0. The van der Waals surface area contributed by atoms with E-state index in [1.807, 2.05) is 12.1 Å². The number of nitrogens with two attached hydrogens (primary N) is 1. The van der Waals surface area contributed by atoms with E-state index in [4.69, 9.17) is 5.73 Å².